The third-order valence-electron chi connectivity index (χ3n) is 6.11. The molecule has 3 aromatic rings. The van der Waals surface area contributed by atoms with Crippen molar-refractivity contribution in [2.24, 2.45) is 0 Å². The molecular formula is C27H23N3O5. The number of hydrogen-bond donors (Lipinski definition) is 2. The van der Waals surface area contributed by atoms with Crippen LogP contribution < -0.4 is 15.0 Å². The molecule has 0 bridgehead atoms. The van der Waals surface area contributed by atoms with Crippen LogP contribution in [0.2, 0.25) is 0 Å². The van der Waals surface area contributed by atoms with E-state index in [0.29, 0.717) is 29.1 Å². The summed E-state index contributed by atoms with van der Waals surface area (Å²) in [4.78, 5) is 43.3. The van der Waals surface area contributed by atoms with Crippen LogP contribution in [0.4, 0.5) is 11.4 Å². The van der Waals surface area contributed by atoms with Crippen molar-refractivity contribution < 1.29 is 24.2 Å². The van der Waals surface area contributed by atoms with Crippen LogP contribution in [-0.4, -0.2) is 34.3 Å². The highest BCUT2D eigenvalue weighted by atomic mass is 16.5. The van der Waals surface area contributed by atoms with E-state index in [1.807, 2.05) is 6.07 Å². The number of aliphatic hydroxyl groups excluding tert-OH is 1. The van der Waals surface area contributed by atoms with Gasteiger partial charge in [0, 0.05) is 36.3 Å². The fourth-order valence-corrected chi connectivity index (χ4v) is 4.53. The summed E-state index contributed by atoms with van der Waals surface area (Å²) in [5, 5.41) is 14.0. The number of pyridine rings is 1. The van der Waals surface area contributed by atoms with Gasteiger partial charge in [-0.15, -0.1) is 0 Å². The normalized spacial score (nSPS) is 18.7. The third kappa shape index (κ3) is 4.14. The maximum absolute atomic E-state index is 13.3. The average Bonchev–Trinajstić information content (AvgIpc) is 3.14. The van der Waals surface area contributed by atoms with Gasteiger partial charge in [0.05, 0.1) is 18.2 Å². The Bertz CT molecular complexity index is 1350. The van der Waals surface area contributed by atoms with E-state index in [2.05, 4.69) is 10.3 Å². The van der Waals surface area contributed by atoms with Crippen molar-refractivity contribution in [3.8, 4) is 5.75 Å². The molecule has 176 valence electrons. The third-order valence-corrected chi connectivity index (χ3v) is 6.11. The monoisotopic (exact) mass is 469 g/mol. The Morgan fingerprint density at radius 2 is 1.83 bits per heavy atom. The Morgan fingerprint density at radius 1 is 1.09 bits per heavy atom. The molecule has 5 rings (SSSR count). The number of aliphatic hydroxyl groups is 1. The van der Waals surface area contributed by atoms with E-state index < -0.39 is 17.7 Å². The number of carbonyl (C=O) groups excluding carboxylic acids is 3. The number of amides is 2. The van der Waals surface area contributed by atoms with Crippen molar-refractivity contribution in [1.82, 2.24) is 4.98 Å². The fraction of sp³-hybridized carbons (Fsp3) is 0.185. The first-order chi connectivity index (χ1) is 16.9. The molecule has 0 aliphatic carbocycles. The van der Waals surface area contributed by atoms with Gasteiger partial charge < -0.3 is 15.2 Å². The highest BCUT2D eigenvalue weighted by Gasteiger charge is 2.47. The Labute approximate surface area is 201 Å². The number of aryl methyl sites for hydroxylation is 1. The minimum atomic E-state index is -0.850. The Morgan fingerprint density at radius 3 is 2.54 bits per heavy atom. The molecule has 1 aromatic heterocycles. The number of fused-ring (bicyclic) bond motifs is 1. The van der Waals surface area contributed by atoms with Gasteiger partial charge in [-0.1, -0.05) is 0 Å². The maximum atomic E-state index is 13.3. The summed E-state index contributed by atoms with van der Waals surface area (Å²) >= 11 is 0. The Kier molecular flexibility index (Phi) is 5.78. The quantitative estimate of drug-likeness (QED) is 0.340. The molecule has 2 N–H and O–H groups in total. The van der Waals surface area contributed by atoms with Crippen LogP contribution in [-0.2, 0) is 20.8 Å². The molecular weight excluding hydrogens is 446 g/mol. The highest BCUT2D eigenvalue weighted by Crippen LogP contribution is 2.42. The molecule has 3 heterocycles. The van der Waals surface area contributed by atoms with Gasteiger partial charge in [0.15, 0.2) is 0 Å². The highest BCUT2D eigenvalue weighted by molar-refractivity contribution is 6.51. The van der Waals surface area contributed by atoms with E-state index in [-0.39, 0.29) is 17.2 Å². The smallest absolute Gasteiger partial charge is 0.300 e. The van der Waals surface area contributed by atoms with E-state index in [1.54, 1.807) is 60.9 Å². The second kappa shape index (κ2) is 9.06. The van der Waals surface area contributed by atoms with Crippen LogP contribution in [0.3, 0.4) is 0 Å². The van der Waals surface area contributed by atoms with Gasteiger partial charge in [-0.25, -0.2) is 0 Å². The lowest BCUT2D eigenvalue weighted by molar-refractivity contribution is -0.132. The van der Waals surface area contributed by atoms with Gasteiger partial charge in [0.25, 0.3) is 11.7 Å². The van der Waals surface area contributed by atoms with Crippen LogP contribution in [0.15, 0.2) is 72.6 Å². The number of ether oxygens (including phenoxy) is 1. The van der Waals surface area contributed by atoms with Crippen molar-refractivity contribution in [2.75, 3.05) is 16.8 Å². The largest absolute Gasteiger partial charge is 0.507 e. The second-order valence-corrected chi connectivity index (χ2v) is 8.45. The molecule has 1 fully saturated rings. The first kappa shape index (κ1) is 22.3. The fourth-order valence-electron chi connectivity index (χ4n) is 4.53. The first-order valence-corrected chi connectivity index (χ1v) is 11.3. The van der Waals surface area contributed by atoms with Crippen molar-refractivity contribution in [2.45, 2.75) is 25.8 Å². The van der Waals surface area contributed by atoms with Gasteiger partial charge in [-0.05, 0) is 78.6 Å². The molecule has 2 aromatic carbocycles. The average molecular weight is 469 g/mol. The number of nitrogens with one attached hydrogen (secondary N) is 1. The molecule has 2 aliphatic rings. The standard InChI is InChI=1S/C27H23N3O5/c1-16(31)29-20-5-7-21(8-6-20)30-24(17-10-12-28-13-11-17)23(26(33)27(30)34)25(32)19-4-9-22-18(15-19)3-2-14-35-22/h4-13,15,24,32H,2-3,14H2,1H3,(H,29,31)/b25-23-. The lowest BCUT2D eigenvalue weighted by Crippen LogP contribution is -2.29. The summed E-state index contributed by atoms with van der Waals surface area (Å²) in [6, 6.07) is 14.5. The molecule has 8 nitrogen and oxygen atoms in total. The number of Topliss-reactive ketones (excluding diaryl/α,β-unsaturated/α-hetero) is 1. The Balaban J connectivity index is 1.62. The molecule has 2 aliphatic heterocycles. The van der Waals surface area contributed by atoms with Gasteiger partial charge in [0.2, 0.25) is 5.91 Å². The van der Waals surface area contributed by atoms with E-state index in [0.717, 1.165) is 24.2 Å². The van der Waals surface area contributed by atoms with Crippen molar-refractivity contribution in [1.29, 1.82) is 0 Å². The number of aromatic nitrogens is 1. The predicted octanol–water partition coefficient (Wildman–Crippen LogP) is 3.99. The number of anilines is 2. The first-order valence-electron chi connectivity index (χ1n) is 11.3. The van der Waals surface area contributed by atoms with Gasteiger partial charge in [-0.3, -0.25) is 24.3 Å². The predicted molar refractivity (Wildman–Crippen MR) is 130 cm³/mol. The van der Waals surface area contributed by atoms with E-state index in [1.165, 1.54) is 11.8 Å². The number of nitrogens with zero attached hydrogens (tertiary/aromatic N) is 2. The van der Waals surface area contributed by atoms with Crippen LogP contribution in [0.1, 0.15) is 36.1 Å². The summed E-state index contributed by atoms with van der Waals surface area (Å²) in [6.07, 6.45) is 4.82. The summed E-state index contributed by atoms with van der Waals surface area (Å²) in [6.45, 7) is 2.05. The molecule has 2 amide bonds. The number of benzene rings is 2. The molecule has 35 heavy (non-hydrogen) atoms. The summed E-state index contributed by atoms with van der Waals surface area (Å²) < 4.78 is 5.66. The van der Waals surface area contributed by atoms with Crippen LogP contribution in [0.25, 0.3) is 5.76 Å². The molecule has 0 radical (unpaired) electrons. The second-order valence-electron chi connectivity index (χ2n) is 8.45. The zero-order valence-electron chi connectivity index (χ0n) is 19.0. The van der Waals surface area contributed by atoms with Crippen LogP contribution in [0.5, 0.6) is 5.75 Å². The Hall–Kier alpha value is -4.46. The van der Waals surface area contributed by atoms with E-state index >= 15 is 0 Å². The number of carbonyl (C=O) groups is 3. The molecule has 8 heteroatoms. The molecule has 0 spiro atoms. The minimum Gasteiger partial charge on any atom is -0.507 e. The number of rotatable bonds is 4. The van der Waals surface area contributed by atoms with E-state index in [4.69, 9.17) is 4.74 Å². The number of ketones is 1. The zero-order valence-corrected chi connectivity index (χ0v) is 19.0. The summed E-state index contributed by atoms with van der Waals surface area (Å²) in [5.74, 6) is -1.22. The van der Waals surface area contributed by atoms with Crippen molar-refractivity contribution in [3.05, 3.63) is 89.3 Å². The lowest BCUT2D eigenvalue weighted by Gasteiger charge is -2.25. The zero-order chi connectivity index (χ0) is 24.5. The van der Waals surface area contributed by atoms with Gasteiger partial charge in [-0.2, -0.15) is 0 Å². The topological polar surface area (TPSA) is 109 Å². The summed E-state index contributed by atoms with van der Waals surface area (Å²) in [5.41, 5.74) is 3.06. The number of hydrogen-bond acceptors (Lipinski definition) is 6. The van der Waals surface area contributed by atoms with Crippen LogP contribution >= 0.6 is 0 Å². The molecule has 0 saturated carbocycles. The minimum absolute atomic E-state index is 0.00353. The molecule has 1 atom stereocenters. The van der Waals surface area contributed by atoms with Crippen LogP contribution in [0, 0.1) is 0 Å². The van der Waals surface area contributed by atoms with Crippen molar-refractivity contribution >= 4 is 34.7 Å². The lowest BCUT2D eigenvalue weighted by atomic mass is 9.94. The SMILES string of the molecule is CC(=O)Nc1ccc(N2C(=O)C(=O)/C(=C(\O)c3ccc4c(c3)CCCO4)C2c2ccncc2)cc1. The van der Waals surface area contributed by atoms with E-state index in [9.17, 15) is 19.5 Å². The van der Waals surface area contributed by atoms with Gasteiger partial charge in [0.1, 0.15) is 11.5 Å². The summed E-state index contributed by atoms with van der Waals surface area (Å²) in [7, 11) is 0. The molecule has 1 saturated heterocycles. The molecule has 1 unspecified atom stereocenters. The maximum Gasteiger partial charge on any atom is 0.300 e. The van der Waals surface area contributed by atoms with Crippen molar-refractivity contribution in [3.63, 3.8) is 0 Å². The van der Waals surface area contributed by atoms with Gasteiger partial charge >= 0.3 is 0 Å².